The number of nitrogens with two attached hydrogens (primary N) is 1. The number of benzene rings is 2. The van der Waals surface area contributed by atoms with Crippen molar-refractivity contribution in [1.29, 1.82) is 0 Å². The smallest absolute Gasteiger partial charge is 0.337 e. The summed E-state index contributed by atoms with van der Waals surface area (Å²) in [5.74, 6) is 0.521. The van der Waals surface area contributed by atoms with E-state index in [1.807, 2.05) is 37.3 Å². The van der Waals surface area contributed by atoms with Crippen LogP contribution in [0.5, 0.6) is 5.75 Å². The number of ether oxygens (including phenoxy) is 2. The minimum absolute atomic E-state index is 0.313. The summed E-state index contributed by atoms with van der Waals surface area (Å²) in [6.07, 6.45) is 1.79. The highest BCUT2D eigenvalue weighted by atomic mass is 16.5. The van der Waals surface area contributed by atoms with Crippen molar-refractivity contribution in [2.45, 2.75) is 19.8 Å². The second-order valence-corrected chi connectivity index (χ2v) is 5.17. The summed E-state index contributed by atoms with van der Waals surface area (Å²) in [7, 11) is 1.38. The van der Waals surface area contributed by atoms with Crippen molar-refractivity contribution in [2.75, 3.05) is 19.5 Å². The van der Waals surface area contributed by atoms with E-state index < -0.39 is 0 Å². The molecule has 0 saturated carbocycles. The van der Waals surface area contributed by atoms with E-state index in [0.29, 0.717) is 17.9 Å². The van der Waals surface area contributed by atoms with Gasteiger partial charge in [-0.05, 0) is 49.1 Å². The van der Waals surface area contributed by atoms with Crippen molar-refractivity contribution >= 4 is 11.7 Å². The van der Waals surface area contributed by atoms with E-state index in [2.05, 4.69) is 4.74 Å². The zero-order chi connectivity index (χ0) is 15.9. The highest BCUT2D eigenvalue weighted by molar-refractivity contribution is 5.89. The average Bonchev–Trinajstić information content (AvgIpc) is 2.54. The molecule has 4 nitrogen and oxygen atoms in total. The monoisotopic (exact) mass is 299 g/mol. The SMILES string of the molecule is COC(=O)c1ccc(CCCOc2cc(N)ccc2C)cc1. The number of hydrogen-bond donors (Lipinski definition) is 1. The molecule has 0 aliphatic rings. The lowest BCUT2D eigenvalue weighted by atomic mass is 10.1. The van der Waals surface area contributed by atoms with Gasteiger partial charge in [0, 0.05) is 11.8 Å². The Morgan fingerprint density at radius 3 is 2.55 bits per heavy atom. The van der Waals surface area contributed by atoms with Gasteiger partial charge < -0.3 is 15.2 Å². The number of nitrogen functional groups attached to an aromatic ring is 1. The van der Waals surface area contributed by atoms with Crippen LogP contribution in [0.25, 0.3) is 0 Å². The standard InChI is InChI=1S/C18H21NO3/c1-13-5-10-16(19)12-17(13)22-11-3-4-14-6-8-15(9-7-14)18(20)21-2/h5-10,12H,3-4,11,19H2,1-2H3. The molecule has 2 rings (SSSR count). The van der Waals surface area contributed by atoms with Crippen LogP contribution in [0.4, 0.5) is 5.69 Å². The van der Waals surface area contributed by atoms with E-state index in [1.54, 1.807) is 12.1 Å². The summed E-state index contributed by atoms with van der Waals surface area (Å²) >= 11 is 0. The van der Waals surface area contributed by atoms with Crippen LogP contribution in [-0.2, 0) is 11.2 Å². The van der Waals surface area contributed by atoms with E-state index >= 15 is 0 Å². The lowest BCUT2D eigenvalue weighted by Crippen LogP contribution is -2.03. The third kappa shape index (κ3) is 4.25. The molecule has 0 heterocycles. The van der Waals surface area contributed by atoms with Crippen molar-refractivity contribution < 1.29 is 14.3 Å². The van der Waals surface area contributed by atoms with Crippen molar-refractivity contribution in [3.63, 3.8) is 0 Å². The molecule has 0 fully saturated rings. The molecule has 0 radical (unpaired) electrons. The molecule has 116 valence electrons. The van der Waals surface area contributed by atoms with Crippen LogP contribution in [0.3, 0.4) is 0 Å². The van der Waals surface area contributed by atoms with Crippen molar-refractivity contribution in [1.82, 2.24) is 0 Å². The zero-order valence-electron chi connectivity index (χ0n) is 13.0. The Hall–Kier alpha value is -2.49. The van der Waals surface area contributed by atoms with Gasteiger partial charge in [0.05, 0.1) is 19.3 Å². The average molecular weight is 299 g/mol. The van der Waals surface area contributed by atoms with Gasteiger partial charge in [0.1, 0.15) is 5.75 Å². The summed E-state index contributed by atoms with van der Waals surface area (Å²) in [5, 5.41) is 0. The molecule has 22 heavy (non-hydrogen) atoms. The Morgan fingerprint density at radius 1 is 1.14 bits per heavy atom. The number of methoxy groups -OCH3 is 1. The fraction of sp³-hybridized carbons (Fsp3) is 0.278. The van der Waals surface area contributed by atoms with E-state index in [1.165, 1.54) is 12.7 Å². The Labute approximate surface area is 130 Å². The molecular weight excluding hydrogens is 278 g/mol. The van der Waals surface area contributed by atoms with Crippen molar-refractivity contribution in [3.8, 4) is 5.75 Å². The van der Waals surface area contributed by atoms with Gasteiger partial charge in [-0.1, -0.05) is 18.2 Å². The molecule has 0 amide bonds. The highest BCUT2D eigenvalue weighted by Gasteiger charge is 2.04. The summed E-state index contributed by atoms with van der Waals surface area (Å²) in [5.41, 5.74) is 9.28. The minimum Gasteiger partial charge on any atom is -0.493 e. The number of hydrogen-bond acceptors (Lipinski definition) is 4. The number of aryl methyl sites for hydroxylation is 2. The largest absolute Gasteiger partial charge is 0.493 e. The molecule has 0 spiro atoms. The number of rotatable bonds is 6. The van der Waals surface area contributed by atoms with Gasteiger partial charge in [0.25, 0.3) is 0 Å². The maximum atomic E-state index is 11.3. The van der Waals surface area contributed by atoms with E-state index in [9.17, 15) is 4.79 Å². The predicted molar refractivity (Wildman–Crippen MR) is 87.2 cm³/mol. The molecule has 2 N–H and O–H groups in total. The number of esters is 1. The van der Waals surface area contributed by atoms with E-state index in [4.69, 9.17) is 10.5 Å². The third-order valence-corrected chi connectivity index (χ3v) is 3.45. The van der Waals surface area contributed by atoms with Crippen LogP contribution in [-0.4, -0.2) is 19.7 Å². The summed E-state index contributed by atoms with van der Waals surface area (Å²) < 4.78 is 10.4. The van der Waals surface area contributed by atoms with Gasteiger partial charge in [-0.25, -0.2) is 4.79 Å². The summed E-state index contributed by atoms with van der Waals surface area (Å²) in [6, 6.07) is 13.1. The zero-order valence-corrected chi connectivity index (χ0v) is 13.0. The number of anilines is 1. The molecular formula is C18H21NO3. The van der Waals surface area contributed by atoms with Gasteiger partial charge in [0.2, 0.25) is 0 Å². The molecule has 4 heteroatoms. The molecule has 2 aromatic carbocycles. The second-order valence-electron chi connectivity index (χ2n) is 5.17. The summed E-state index contributed by atoms with van der Waals surface area (Å²) in [6.45, 7) is 2.63. The fourth-order valence-electron chi connectivity index (χ4n) is 2.16. The Bertz CT molecular complexity index is 635. The lowest BCUT2D eigenvalue weighted by molar-refractivity contribution is 0.0600. The van der Waals surface area contributed by atoms with Crippen molar-refractivity contribution in [3.05, 3.63) is 59.2 Å². The summed E-state index contributed by atoms with van der Waals surface area (Å²) in [4.78, 5) is 11.3. The van der Waals surface area contributed by atoms with Gasteiger partial charge in [-0.2, -0.15) is 0 Å². The lowest BCUT2D eigenvalue weighted by Gasteiger charge is -2.10. The Kier molecular flexibility index (Phi) is 5.42. The van der Waals surface area contributed by atoms with E-state index in [-0.39, 0.29) is 5.97 Å². The highest BCUT2D eigenvalue weighted by Crippen LogP contribution is 2.21. The van der Waals surface area contributed by atoms with Crippen LogP contribution >= 0.6 is 0 Å². The molecule has 0 unspecified atom stereocenters. The van der Waals surface area contributed by atoms with Crippen LogP contribution in [0.15, 0.2) is 42.5 Å². The molecule has 0 aromatic heterocycles. The van der Waals surface area contributed by atoms with Crippen LogP contribution in [0.1, 0.15) is 27.9 Å². The van der Waals surface area contributed by atoms with Gasteiger partial charge in [-0.15, -0.1) is 0 Å². The first-order valence-electron chi connectivity index (χ1n) is 7.26. The minimum atomic E-state index is -0.313. The normalized spacial score (nSPS) is 10.3. The number of carbonyl (C=O) groups excluding carboxylic acids is 1. The van der Waals surface area contributed by atoms with Gasteiger partial charge in [0.15, 0.2) is 0 Å². The maximum Gasteiger partial charge on any atom is 0.337 e. The molecule has 0 aliphatic carbocycles. The molecule has 0 saturated heterocycles. The van der Waals surface area contributed by atoms with Gasteiger partial charge >= 0.3 is 5.97 Å². The van der Waals surface area contributed by atoms with Gasteiger partial charge in [-0.3, -0.25) is 0 Å². The Morgan fingerprint density at radius 2 is 1.86 bits per heavy atom. The van der Waals surface area contributed by atoms with Crippen LogP contribution in [0, 0.1) is 6.92 Å². The third-order valence-electron chi connectivity index (χ3n) is 3.45. The molecule has 0 bridgehead atoms. The second kappa shape index (κ2) is 7.50. The maximum absolute atomic E-state index is 11.3. The first kappa shape index (κ1) is 15.9. The quantitative estimate of drug-likeness (QED) is 0.504. The van der Waals surface area contributed by atoms with Crippen LogP contribution < -0.4 is 10.5 Å². The Balaban J connectivity index is 1.81. The fourth-order valence-corrected chi connectivity index (χ4v) is 2.16. The predicted octanol–water partition coefficient (Wildman–Crippen LogP) is 3.38. The first-order valence-corrected chi connectivity index (χ1v) is 7.26. The first-order chi connectivity index (χ1) is 10.6. The molecule has 2 aromatic rings. The van der Waals surface area contributed by atoms with Crippen LogP contribution in [0.2, 0.25) is 0 Å². The topological polar surface area (TPSA) is 61.5 Å². The molecule has 0 atom stereocenters. The molecule has 0 aliphatic heterocycles. The van der Waals surface area contributed by atoms with Crippen molar-refractivity contribution in [2.24, 2.45) is 0 Å². The van der Waals surface area contributed by atoms with E-state index in [0.717, 1.165) is 24.2 Å². The number of carbonyl (C=O) groups is 1.